The summed E-state index contributed by atoms with van der Waals surface area (Å²) in [6.45, 7) is -0.402. The fourth-order valence-electron chi connectivity index (χ4n) is 7.53. The van der Waals surface area contributed by atoms with Gasteiger partial charge in [0.05, 0.1) is 25.3 Å². The number of carbonyl (C=O) groups excluding carboxylic acids is 2. The number of aliphatic hydroxyl groups is 2. The maximum absolute atomic E-state index is 14.0. The number of pyridine rings is 2. The molecule has 4 aromatic rings. The van der Waals surface area contributed by atoms with Gasteiger partial charge in [-0.3, -0.25) is 9.59 Å². The molecule has 2 aromatic carbocycles. The van der Waals surface area contributed by atoms with Crippen LogP contribution in [0, 0.1) is 34.9 Å². The second-order valence-electron chi connectivity index (χ2n) is 14.3. The number of hydrogen-bond acceptors (Lipinski definition) is 8. The summed E-state index contributed by atoms with van der Waals surface area (Å²) in [6.07, 6.45) is 7.12. The Bertz CT molecular complexity index is 1950. The molecule has 8 rings (SSSR count). The molecule has 0 radical (unpaired) electrons. The highest BCUT2D eigenvalue weighted by Gasteiger charge is 2.37. The Morgan fingerprint density at radius 1 is 0.589 bits per heavy atom. The van der Waals surface area contributed by atoms with Crippen LogP contribution in [0.4, 0.5) is 26.3 Å². The van der Waals surface area contributed by atoms with E-state index in [4.69, 9.17) is 9.47 Å². The number of rotatable bonds is 8. The van der Waals surface area contributed by atoms with Crippen LogP contribution in [0.1, 0.15) is 94.3 Å². The molecule has 2 fully saturated rings. The van der Waals surface area contributed by atoms with Crippen LogP contribution in [-0.4, -0.2) is 66.2 Å². The van der Waals surface area contributed by atoms with Gasteiger partial charge in [-0.05, 0) is 61.8 Å². The number of carbonyl (C=O) groups is 2. The molecule has 0 saturated heterocycles. The van der Waals surface area contributed by atoms with Crippen molar-refractivity contribution in [2.75, 3.05) is 0 Å². The summed E-state index contributed by atoms with van der Waals surface area (Å²) in [6, 6.07) is 5.65. The summed E-state index contributed by atoms with van der Waals surface area (Å²) in [5.41, 5.74) is 0.985. The molecule has 2 saturated carbocycles. The molecule has 0 bridgehead atoms. The minimum absolute atomic E-state index is 0.121. The highest BCUT2D eigenvalue weighted by molar-refractivity contribution is 6.01. The van der Waals surface area contributed by atoms with Gasteiger partial charge in [-0.25, -0.2) is 36.3 Å². The third kappa shape index (κ3) is 8.17. The molecule has 2 amide bonds. The van der Waals surface area contributed by atoms with E-state index in [1.807, 2.05) is 0 Å². The van der Waals surface area contributed by atoms with Crippen LogP contribution < -0.4 is 9.47 Å². The second kappa shape index (κ2) is 16.5. The average molecular weight is 785 g/mol. The topological polar surface area (TPSA) is 125 Å². The fourth-order valence-corrected chi connectivity index (χ4v) is 7.53. The fraction of sp³-hybridized carbons (Fsp3) is 0.400. The van der Waals surface area contributed by atoms with Crippen molar-refractivity contribution in [2.45, 2.75) is 102 Å². The van der Waals surface area contributed by atoms with Crippen molar-refractivity contribution in [1.29, 1.82) is 0 Å². The Morgan fingerprint density at radius 3 is 1.30 bits per heavy atom. The predicted octanol–water partition coefficient (Wildman–Crippen LogP) is 6.67. The molecular weight excluding hydrogens is 746 g/mol. The quantitative estimate of drug-likeness (QED) is 0.190. The summed E-state index contributed by atoms with van der Waals surface area (Å²) in [7, 11) is 0. The van der Waals surface area contributed by atoms with E-state index in [0.29, 0.717) is 61.1 Å². The van der Waals surface area contributed by atoms with E-state index in [1.54, 1.807) is 12.1 Å². The molecule has 0 spiro atoms. The molecule has 16 heteroatoms. The minimum atomic E-state index is -1.04. The van der Waals surface area contributed by atoms with Gasteiger partial charge in [-0.1, -0.05) is 12.8 Å². The smallest absolute Gasteiger partial charge is 0.260 e. The largest absolute Gasteiger partial charge is 0.471 e. The first-order valence-electron chi connectivity index (χ1n) is 18.4. The molecule has 2 aromatic heterocycles. The van der Waals surface area contributed by atoms with E-state index < -0.39 is 71.1 Å². The van der Waals surface area contributed by atoms with Crippen LogP contribution >= 0.6 is 0 Å². The van der Waals surface area contributed by atoms with Crippen LogP contribution in [0.15, 0.2) is 48.8 Å². The van der Waals surface area contributed by atoms with Gasteiger partial charge < -0.3 is 29.5 Å². The molecule has 2 aliphatic heterocycles. The van der Waals surface area contributed by atoms with Gasteiger partial charge in [0.2, 0.25) is 11.8 Å². The number of halogens is 6. The Morgan fingerprint density at radius 2 is 0.946 bits per heavy atom. The molecule has 10 nitrogen and oxygen atoms in total. The van der Waals surface area contributed by atoms with E-state index in [1.165, 1.54) is 22.2 Å². The molecule has 4 aliphatic rings. The van der Waals surface area contributed by atoms with Crippen molar-refractivity contribution in [2.24, 2.45) is 0 Å². The van der Waals surface area contributed by atoms with E-state index in [-0.39, 0.29) is 60.2 Å². The lowest BCUT2D eigenvalue weighted by atomic mass is 9.95. The van der Waals surface area contributed by atoms with Crippen LogP contribution in [0.2, 0.25) is 0 Å². The molecule has 4 heterocycles. The first kappa shape index (κ1) is 39.0. The molecular formula is C40H38F6N4O6. The van der Waals surface area contributed by atoms with Gasteiger partial charge in [0.25, 0.3) is 11.8 Å². The van der Waals surface area contributed by atoms with Crippen molar-refractivity contribution >= 4 is 11.8 Å². The third-order valence-corrected chi connectivity index (χ3v) is 10.5. The van der Waals surface area contributed by atoms with Gasteiger partial charge in [-0.15, -0.1) is 0 Å². The number of hydrogen-bond donors (Lipinski definition) is 2. The summed E-state index contributed by atoms with van der Waals surface area (Å²) < 4.78 is 93.8. The number of amides is 2. The summed E-state index contributed by atoms with van der Waals surface area (Å²) in [5, 5.41) is 20.2. The standard InChI is InChI=1S/2C20H19F3N2O3/c2*21-12-7-14(22)13(15(23)8-12)10-25-9-11-5-6-24-19(18(11)20(25)27)28-17-4-2-1-3-16(17)26/h2*5-8,16-17,26H,1-4,9-10H2/t2*16-,17-/m10/s1. The Hall–Kier alpha value is -5.22. The second-order valence-corrected chi connectivity index (χ2v) is 14.3. The predicted molar refractivity (Wildman–Crippen MR) is 186 cm³/mol. The van der Waals surface area contributed by atoms with Gasteiger partial charge in [0.15, 0.2) is 0 Å². The van der Waals surface area contributed by atoms with Crippen molar-refractivity contribution < 1.29 is 55.6 Å². The lowest BCUT2D eigenvalue weighted by molar-refractivity contribution is 0.00397. The summed E-state index contributed by atoms with van der Waals surface area (Å²) in [4.78, 5) is 36.5. The van der Waals surface area contributed by atoms with E-state index in [0.717, 1.165) is 25.7 Å². The highest BCUT2D eigenvalue weighted by Crippen LogP contribution is 2.35. The van der Waals surface area contributed by atoms with Gasteiger partial charge >= 0.3 is 0 Å². The zero-order chi connectivity index (χ0) is 39.7. The Labute approximate surface area is 317 Å². The normalized spacial score (nSPS) is 21.7. The Balaban J connectivity index is 0.000000172. The minimum Gasteiger partial charge on any atom is -0.471 e. The number of benzene rings is 2. The SMILES string of the molecule is O=C1c2c(ccnc2O[C@@H]2CCCC[C@H]2O)CN1Cc1c(F)cc(F)cc1F.O=C1c2c(ccnc2O[C@H]2CCCC[C@@H]2O)CN1Cc1c(F)cc(F)cc1F. The van der Waals surface area contributed by atoms with E-state index in [9.17, 15) is 46.1 Å². The number of nitrogens with zero attached hydrogens (tertiary/aromatic N) is 4. The van der Waals surface area contributed by atoms with Crippen molar-refractivity contribution in [1.82, 2.24) is 19.8 Å². The highest BCUT2D eigenvalue weighted by atomic mass is 19.2. The average Bonchev–Trinajstić information content (AvgIpc) is 3.65. The number of fused-ring (bicyclic) bond motifs is 2. The molecule has 4 atom stereocenters. The van der Waals surface area contributed by atoms with Crippen LogP contribution in [0.5, 0.6) is 11.8 Å². The number of ether oxygens (including phenoxy) is 2. The maximum atomic E-state index is 14.0. The molecule has 2 aliphatic carbocycles. The zero-order valence-corrected chi connectivity index (χ0v) is 30.0. The molecule has 56 heavy (non-hydrogen) atoms. The lowest BCUT2D eigenvalue weighted by Crippen LogP contribution is -2.35. The van der Waals surface area contributed by atoms with Crippen LogP contribution in [0.25, 0.3) is 0 Å². The number of aliphatic hydroxyl groups excluding tert-OH is 2. The lowest BCUT2D eigenvalue weighted by Gasteiger charge is -2.28. The molecule has 296 valence electrons. The summed E-state index contributed by atoms with van der Waals surface area (Å²) in [5.74, 6) is -6.88. The van der Waals surface area contributed by atoms with Gasteiger partial charge in [-0.2, -0.15) is 0 Å². The zero-order valence-electron chi connectivity index (χ0n) is 30.0. The van der Waals surface area contributed by atoms with Crippen LogP contribution in [-0.2, 0) is 26.2 Å². The first-order valence-corrected chi connectivity index (χ1v) is 18.4. The van der Waals surface area contributed by atoms with Crippen molar-refractivity contribution in [3.63, 3.8) is 0 Å². The Kier molecular flexibility index (Phi) is 11.5. The van der Waals surface area contributed by atoms with Crippen molar-refractivity contribution in [3.05, 3.63) is 117 Å². The van der Waals surface area contributed by atoms with Gasteiger partial charge in [0, 0.05) is 60.9 Å². The van der Waals surface area contributed by atoms with Crippen LogP contribution in [0.3, 0.4) is 0 Å². The number of aromatic nitrogens is 2. The molecule has 2 N–H and O–H groups in total. The van der Waals surface area contributed by atoms with E-state index in [2.05, 4.69) is 9.97 Å². The van der Waals surface area contributed by atoms with Crippen molar-refractivity contribution in [3.8, 4) is 11.8 Å². The maximum Gasteiger partial charge on any atom is 0.260 e. The molecule has 0 unspecified atom stereocenters. The summed E-state index contributed by atoms with van der Waals surface area (Å²) >= 11 is 0. The monoisotopic (exact) mass is 784 g/mol. The van der Waals surface area contributed by atoms with Gasteiger partial charge in [0.1, 0.15) is 58.2 Å². The third-order valence-electron chi connectivity index (χ3n) is 10.5. The first-order chi connectivity index (χ1) is 26.9. The van der Waals surface area contributed by atoms with E-state index >= 15 is 0 Å².